The van der Waals surface area contributed by atoms with Gasteiger partial charge in [0.1, 0.15) is 11.9 Å². The molecular weight excluding hydrogens is 414 g/mol. The van der Waals surface area contributed by atoms with Gasteiger partial charge in [-0.1, -0.05) is 41.4 Å². The zero-order valence-corrected chi connectivity index (χ0v) is 17.2. The second-order valence-corrected chi connectivity index (χ2v) is 7.96. The highest BCUT2D eigenvalue weighted by Gasteiger charge is 2.28. The first kappa shape index (κ1) is 20.4. The highest BCUT2D eigenvalue weighted by molar-refractivity contribution is 6.35. The summed E-state index contributed by atoms with van der Waals surface area (Å²) in [6.07, 6.45) is 7.35. The SMILES string of the molecule is Fc1ccc(C(OC2CCCC(Cn3ccnc3)O2)c2ccc(Cl)cc2Cl)cc1. The van der Waals surface area contributed by atoms with Gasteiger partial charge in [0.05, 0.1) is 12.4 Å². The Balaban J connectivity index is 1.55. The molecule has 29 heavy (non-hydrogen) atoms. The molecular formula is C22H21Cl2FN2O2. The largest absolute Gasteiger partial charge is 0.348 e. The van der Waals surface area contributed by atoms with Crippen molar-refractivity contribution in [3.8, 4) is 0 Å². The first-order chi connectivity index (χ1) is 14.1. The summed E-state index contributed by atoms with van der Waals surface area (Å²) < 4.78 is 28.0. The first-order valence-corrected chi connectivity index (χ1v) is 10.3. The molecule has 4 nitrogen and oxygen atoms in total. The molecule has 3 aromatic rings. The van der Waals surface area contributed by atoms with Crippen LogP contribution in [0.2, 0.25) is 10.0 Å². The van der Waals surface area contributed by atoms with E-state index >= 15 is 0 Å². The lowest BCUT2D eigenvalue weighted by molar-refractivity contribution is -0.212. The van der Waals surface area contributed by atoms with Crippen molar-refractivity contribution < 1.29 is 13.9 Å². The van der Waals surface area contributed by atoms with Crippen LogP contribution < -0.4 is 0 Å². The van der Waals surface area contributed by atoms with Crippen molar-refractivity contribution in [3.63, 3.8) is 0 Å². The van der Waals surface area contributed by atoms with Gasteiger partial charge >= 0.3 is 0 Å². The standard InChI is InChI=1S/C22H21Cl2FN2O2/c23-16-6-9-19(20(24)12-16)22(15-4-7-17(25)8-5-15)29-21-3-1-2-18(28-21)13-27-11-10-26-14-27/h4-12,14,18,21-22H,1-3,13H2. The molecule has 1 saturated heterocycles. The number of nitrogens with zero attached hydrogens (tertiary/aromatic N) is 2. The second-order valence-electron chi connectivity index (χ2n) is 7.11. The third-order valence-electron chi connectivity index (χ3n) is 4.99. The first-order valence-electron chi connectivity index (χ1n) is 9.55. The molecule has 0 spiro atoms. The maximum atomic E-state index is 13.5. The molecule has 0 radical (unpaired) electrons. The highest BCUT2D eigenvalue weighted by Crippen LogP contribution is 2.36. The van der Waals surface area contributed by atoms with Gasteiger partial charge in [0.2, 0.25) is 0 Å². The van der Waals surface area contributed by atoms with Crippen LogP contribution >= 0.6 is 23.2 Å². The summed E-state index contributed by atoms with van der Waals surface area (Å²) in [4.78, 5) is 4.08. The van der Waals surface area contributed by atoms with Crippen LogP contribution in [0, 0.1) is 5.82 Å². The number of imidazole rings is 1. The van der Waals surface area contributed by atoms with Gasteiger partial charge in [-0.15, -0.1) is 0 Å². The third-order valence-corrected chi connectivity index (χ3v) is 5.55. The van der Waals surface area contributed by atoms with Gasteiger partial charge in [0.25, 0.3) is 0 Å². The molecule has 3 atom stereocenters. The molecule has 1 aliphatic heterocycles. The third kappa shape index (κ3) is 5.17. The van der Waals surface area contributed by atoms with Crippen molar-refractivity contribution in [1.82, 2.24) is 9.55 Å². The predicted molar refractivity (Wildman–Crippen MR) is 111 cm³/mol. The summed E-state index contributed by atoms with van der Waals surface area (Å²) in [5.74, 6) is -0.302. The minimum absolute atomic E-state index is 0.0394. The zero-order valence-electron chi connectivity index (χ0n) is 15.7. The summed E-state index contributed by atoms with van der Waals surface area (Å²) >= 11 is 12.5. The molecule has 0 bridgehead atoms. The van der Waals surface area contributed by atoms with Gasteiger partial charge in [-0.05, 0) is 49.1 Å². The van der Waals surface area contributed by atoms with E-state index in [1.165, 1.54) is 12.1 Å². The predicted octanol–water partition coefficient (Wildman–Crippen LogP) is 6.03. The smallest absolute Gasteiger partial charge is 0.159 e. The molecule has 2 heterocycles. The lowest BCUT2D eigenvalue weighted by Gasteiger charge is -2.33. The molecule has 2 aromatic carbocycles. The van der Waals surface area contributed by atoms with E-state index in [1.54, 1.807) is 36.8 Å². The Morgan fingerprint density at radius 2 is 2.00 bits per heavy atom. The molecule has 152 valence electrons. The Labute approximate surface area is 179 Å². The Morgan fingerprint density at radius 1 is 1.17 bits per heavy atom. The van der Waals surface area contributed by atoms with E-state index in [-0.39, 0.29) is 18.2 Å². The topological polar surface area (TPSA) is 36.3 Å². The van der Waals surface area contributed by atoms with Gasteiger partial charge in [0.15, 0.2) is 6.29 Å². The van der Waals surface area contributed by atoms with Crippen molar-refractivity contribution in [2.45, 2.75) is 44.3 Å². The molecule has 1 aromatic heterocycles. The summed E-state index contributed by atoms with van der Waals surface area (Å²) in [6.45, 7) is 0.725. The average Bonchev–Trinajstić information content (AvgIpc) is 3.21. The van der Waals surface area contributed by atoms with Crippen molar-refractivity contribution in [3.05, 3.63) is 88.2 Å². The van der Waals surface area contributed by atoms with Gasteiger partial charge < -0.3 is 14.0 Å². The van der Waals surface area contributed by atoms with E-state index in [0.717, 1.165) is 36.9 Å². The van der Waals surface area contributed by atoms with Crippen LogP contribution in [0.25, 0.3) is 0 Å². The highest BCUT2D eigenvalue weighted by atomic mass is 35.5. The minimum Gasteiger partial charge on any atom is -0.348 e. The second kappa shape index (κ2) is 9.26. The Kier molecular flexibility index (Phi) is 6.50. The quantitative estimate of drug-likeness (QED) is 0.474. The number of halogens is 3. The fourth-order valence-corrected chi connectivity index (χ4v) is 4.07. The molecule has 1 aliphatic rings. The van der Waals surface area contributed by atoms with Crippen LogP contribution in [-0.2, 0) is 16.0 Å². The van der Waals surface area contributed by atoms with E-state index in [4.69, 9.17) is 32.7 Å². The normalized spacial score (nSPS) is 20.5. The molecule has 1 fully saturated rings. The van der Waals surface area contributed by atoms with Crippen LogP contribution in [-0.4, -0.2) is 21.9 Å². The lowest BCUT2D eigenvalue weighted by Crippen LogP contribution is -2.33. The maximum Gasteiger partial charge on any atom is 0.159 e. The van der Waals surface area contributed by atoms with Crippen LogP contribution in [0.3, 0.4) is 0 Å². The average molecular weight is 435 g/mol. The van der Waals surface area contributed by atoms with E-state index in [0.29, 0.717) is 10.0 Å². The van der Waals surface area contributed by atoms with Gasteiger partial charge in [-0.2, -0.15) is 0 Å². The van der Waals surface area contributed by atoms with Crippen LogP contribution in [0.5, 0.6) is 0 Å². The van der Waals surface area contributed by atoms with Crippen molar-refractivity contribution in [1.29, 1.82) is 0 Å². The summed E-state index contributed by atoms with van der Waals surface area (Å²) in [7, 11) is 0. The molecule has 3 unspecified atom stereocenters. The van der Waals surface area contributed by atoms with E-state index in [1.807, 2.05) is 16.8 Å². The van der Waals surface area contributed by atoms with Gasteiger partial charge in [-0.3, -0.25) is 0 Å². The molecule has 7 heteroatoms. The molecule has 0 saturated carbocycles. The molecule has 0 N–H and O–H groups in total. The minimum atomic E-state index is -0.489. The Bertz CT molecular complexity index is 934. The molecule has 0 aliphatic carbocycles. The summed E-state index contributed by atoms with van der Waals surface area (Å²) in [5, 5.41) is 1.04. The number of ether oxygens (including phenoxy) is 2. The number of rotatable bonds is 6. The number of hydrogen-bond acceptors (Lipinski definition) is 3. The van der Waals surface area contributed by atoms with Crippen molar-refractivity contribution in [2.75, 3.05) is 0 Å². The van der Waals surface area contributed by atoms with Crippen molar-refractivity contribution in [2.24, 2.45) is 0 Å². The lowest BCUT2D eigenvalue weighted by atomic mass is 10.0. The van der Waals surface area contributed by atoms with E-state index in [9.17, 15) is 4.39 Å². The van der Waals surface area contributed by atoms with Crippen LogP contribution in [0.1, 0.15) is 36.5 Å². The van der Waals surface area contributed by atoms with E-state index < -0.39 is 6.10 Å². The van der Waals surface area contributed by atoms with Gasteiger partial charge in [-0.25, -0.2) is 9.37 Å². The van der Waals surface area contributed by atoms with Crippen molar-refractivity contribution >= 4 is 23.2 Å². The van der Waals surface area contributed by atoms with E-state index in [2.05, 4.69) is 4.98 Å². The fourth-order valence-electron chi connectivity index (χ4n) is 3.56. The Hall–Kier alpha value is -1.92. The molecule has 4 rings (SSSR count). The summed E-state index contributed by atoms with van der Waals surface area (Å²) in [5.41, 5.74) is 1.57. The number of hydrogen-bond donors (Lipinski definition) is 0. The molecule has 0 amide bonds. The van der Waals surface area contributed by atoms with Gasteiger partial charge in [0, 0.05) is 34.5 Å². The monoisotopic (exact) mass is 434 g/mol. The van der Waals surface area contributed by atoms with Crippen LogP contribution in [0.15, 0.2) is 61.2 Å². The fraction of sp³-hybridized carbons (Fsp3) is 0.318. The Morgan fingerprint density at radius 3 is 2.72 bits per heavy atom. The zero-order chi connectivity index (χ0) is 20.2. The van der Waals surface area contributed by atoms with Crippen LogP contribution in [0.4, 0.5) is 4.39 Å². The summed E-state index contributed by atoms with van der Waals surface area (Å²) in [6, 6.07) is 11.5. The maximum absolute atomic E-state index is 13.5. The number of aromatic nitrogens is 2. The number of benzene rings is 2.